The second-order valence-electron chi connectivity index (χ2n) is 13.0. The number of benzene rings is 1. The molecule has 1 aromatic carbocycles. The molecule has 5 aliphatic rings. The number of nitrogens with one attached hydrogen (secondary N) is 2. The highest BCUT2D eigenvalue weighted by Crippen LogP contribution is 2.58. The lowest BCUT2D eigenvalue weighted by molar-refractivity contribution is -0.145. The predicted octanol–water partition coefficient (Wildman–Crippen LogP) is 4.25. The van der Waals surface area contributed by atoms with Crippen molar-refractivity contribution >= 4 is 17.8 Å². The van der Waals surface area contributed by atoms with E-state index in [0.29, 0.717) is 26.0 Å². The van der Waals surface area contributed by atoms with E-state index in [9.17, 15) is 18.8 Å². The fourth-order valence-electron chi connectivity index (χ4n) is 8.11. The lowest BCUT2D eigenvalue weighted by Crippen LogP contribution is -2.51. The van der Waals surface area contributed by atoms with Gasteiger partial charge in [-0.2, -0.15) is 0 Å². The largest absolute Gasteiger partial charge is 0.496 e. The topological polar surface area (TPSA) is 103 Å². The third kappa shape index (κ3) is 4.94. The Balaban J connectivity index is 1.12. The minimum atomic E-state index is -0.599. The summed E-state index contributed by atoms with van der Waals surface area (Å²) in [4.78, 5) is 39.0. The van der Waals surface area contributed by atoms with Gasteiger partial charge < -0.3 is 24.8 Å². The van der Waals surface area contributed by atoms with Gasteiger partial charge in [-0.15, -0.1) is 0 Å². The molecular weight excluding hydrogens is 515 g/mol. The van der Waals surface area contributed by atoms with E-state index < -0.39 is 5.82 Å². The monoisotopic (exact) mass is 556 g/mol. The predicted molar refractivity (Wildman–Crippen MR) is 144 cm³/mol. The first kappa shape index (κ1) is 27.3. The lowest BCUT2D eigenvalue weighted by atomic mass is 9.70. The molecule has 2 bridgehead atoms. The molecule has 0 heterocycles. The zero-order valence-corrected chi connectivity index (χ0v) is 23.7. The summed E-state index contributed by atoms with van der Waals surface area (Å²) in [6, 6.07) is 2.34. The van der Waals surface area contributed by atoms with Crippen molar-refractivity contribution in [2.75, 3.05) is 20.3 Å². The summed E-state index contributed by atoms with van der Waals surface area (Å²) in [5.41, 5.74) is 0.374. The number of ether oxygens (including phenoxy) is 3. The normalized spacial score (nSPS) is 34.4. The molecule has 0 aromatic heterocycles. The van der Waals surface area contributed by atoms with Crippen LogP contribution in [0.15, 0.2) is 12.1 Å². The van der Waals surface area contributed by atoms with Gasteiger partial charge in [-0.05, 0) is 87.0 Å². The molecule has 40 heavy (non-hydrogen) atoms. The van der Waals surface area contributed by atoms with Crippen LogP contribution in [0.1, 0.15) is 75.6 Å². The Bertz CT molecular complexity index is 1170. The highest BCUT2D eigenvalue weighted by molar-refractivity contribution is 5.98. The number of halogens is 1. The Morgan fingerprint density at radius 2 is 1.75 bits per heavy atom. The minimum Gasteiger partial charge on any atom is -0.496 e. The first-order valence-corrected chi connectivity index (χ1v) is 15.0. The van der Waals surface area contributed by atoms with Gasteiger partial charge in [0.2, 0.25) is 5.91 Å². The number of carbonyl (C=O) groups excluding carboxylic acids is 3. The van der Waals surface area contributed by atoms with E-state index in [2.05, 4.69) is 17.6 Å². The molecule has 0 radical (unpaired) electrons. The van der Waals surface area contributed by atoms with Gasteiger partial charge in [-0.25, -0.2) is 4.39 Å². The molecule has 2 unspecified atom stereocenters. The minimum absolute atomic E-state index is 0.000845. The van der Waals surface area contributed by atoms with Crippen LogP contribution in [0.2, 0.25) is 0 Å². The maximum Gasteiger partial charge on any atom is 0.309 e. The van der Waals surface area contributed by atoms with Crippen LogP contribution < -0.4 is 20.1 Å². The summed E-state index contributed by atoms with van der Waals surface area (Å²) >= 11 is 0. The molecule has 1 aromatic rings. The van der Waals surface area contributed by atoms with E-state index in [1.54, 1.807) is 6.92 Å². The van der Waals surface area contributed by atoms with Crippen LogP contribution in [0.4, 0.5) is 4.39 Å². The Labute approximate surface area is 235 Å². The zero-order valence-electron chi connectivity index (χ0n) is 23.7. The van der Waals surface area contributed by atoms with Gasteiger partial charge in [0.1, 0.15) is 5.75 Å². The molecule has 6 rings (SSSR count). The molecule has 6 atom stereocenters. The van der Waals surface area contributed by atoms with E-state index in [-0.39, 0.29) is 87.9 Å². The van der Waals surface area contributed by atoms with Crippen molar-refractivity contribution in [2.45, 2.75) is 77.4 Å². The van der Waals surface area contributed by atoms with E-state index >= 15 is 0 Å². The maximum absolute atomic E-state index is 15.0. The number of rotatable bonds is 10. The molecule has 5 aliphatic carbocycles. The SMILES string of the molecule is CCOC(=O)C1C2CC(Oc3cc(C(=O)N[C@@H]4[C@H]5CC[C@H](C5)[C@@H]4C(=O)NCC4(C)CCC4)c(OC)cc3F)CC21. The molecule has 218 valence electrons. The number of hydrogen-bond acceptors (Lipinski definition) is 6. The molecule has 5 fully saturated rings. The number of fused-ring (bicyclic) bond motifs is 3. The van der Waals surface area contributed by atoms with Crippen LogP contribution in [-0.2, 0) is 14.3 Å². The zero-order chi connectivity index (χ0) is 28.2. The molecule has 9 heteroatoms. The average Bonchev–Trinajstić information content (AvgIpc) is 3.28. The number of methoxy groups -OCH3 is 1. The summed E-state index contributed by atoms with van der Waals surface area (Å²) in [7, 11) is 1.40. The summed E-state index contributed by atoms with van der Waals surface area (Å²) in [5, 5.41) is 6.32. The third-order valence-electron chi connectivity index (χ3n) is 10.5. The van der Waals surface area contributed by atoms with Gasteiger partial charge in [0, 0.05) is 18.7 Å². The molecule has 2 N–H and O–H groups in total. The molecule has 8 nitrogen and oxygen atoms in total. The van der Waals surface area contributed by atoms with Crippen LogP contribution >= 0.6 is 0 Å². The fourth-order valence-corrected chi connectivity index (χ4v) is 8.11. The van der Waals surface area contributed by atoms with Gasteiger partial charge in [0.05, 0.1) is 37.2 Å². The molecule has 2 amide bonds. The van der Waals surface area contributed by atoms with Gasteiger partial charge in [-0.3, -0.25) is 14.4 Å². The average molecular weight is 557 g/mol. The third-order valence-corrected chi connectivity index (χ3v) is 10.5. The van der Waals surface area contributed by atoms with Crippen LogP contribution in [0.25, 0.3) is 0 Å². The van der Waals surface area contributed by atoms with Crippen molar-refractivity contribution in [1.82, 2.24) is 10.6 Å². The van der Waals surface area contributed by atoms with Crippen molar-refractivity contribution < 1.29 is 33.0 Å². The highest BCUT2D eigenvalue weighted by atomic mass is 19.1. The van der Waals surface area contributed by atoms with Crippen molar-refractivity contribution in [2.24, 2.45) is 40.9 Å². The number of amides is 2. The van der Waals surface area contributed by atoms with Crippen LogP contribution in [-0.4, -0.2) is 50.2 Å². The first-order valence-electron chi connectivity index (χ1n) is 15.0. The smallest absolute Gasteiger partial charge is 0.309 e. The van der Waals surface area contributed by atoms with E-state index in [4.69, 9.17) is 14.2 Å². The summed E-state index contributed by atoms with van der Waals surface area (Å²) in [5.74, 6) is -0.385. The molecule has 0 saturated heterocycles. The van der Waals surface area contributed by atoms with E-state index in [0.717, 1.165) is 32.1 Å². The van der Waals surface area contributed by atoms with Gasteiger partial charge in [0.25, 0.3) is 5.91 Å². The van der Waals surface area contributed by atoms with Crippen molar-refractivity contribution in [3.05, 3.63) is 23.5 Å². The number of carbonyl (C=O) groups is 3. The van der Waals surface area contributed by atoms with Crippen LogP contribution in [0, 0.1) is 46.7 Å². The summed E-state index contributed by atoms with van der Waals surface area (Å²) < 4.78 is 31.5. The van der Waals surface area contributed by atoms with Gasteiger partial charge in [-0.1, -0.05) is 13.3 Å². The van der Waals surface area contributed by atoms with Crippen molar-refractivity contribution in [3.8, 4) is 11.5 Å². The van der Waals surface area contributed by atoms with E-state index in [1.165, 1.54) is 25.7 Å². The lowest BCUT2D eigenvalue weighted by Gasteiger charge is -2.39. The quantitative estimate of drug-likeness (QED) is 0.418. The van der Waals surface area contributed by atoms with Gasteiger partial charge in [0.15, 0.2) is 11.6 Å². The van der Waals surface area contributed by atoms with Crippen LogP contribution in [0.5, 0.6) is 11.5 Å². The van der Waals surface area contributed by atoms with E-state index in [1.807, 2.05) is 0 Å². The molecule has 0 aliphatic heterocycles. The second-order valence-corrected chi connectivity index (χ2v) is 13.0. The van der Waals surface area contributed by atoms with Crippen LogP contribution in [0.3, 0.4) is 0 Å². The van der Waals surface area contributed by atoms with Gasteiger partial charge >= 0.3 is 5.97 Å². The first-order chi connectivity index (χ1) is 19.2. The maximum atomic E-state index is 15.0. The Morgan fingerprint density at radius 1 is 1.02 bits per heavy atom. The standard InChI is InChI=1S/C31H41FN2O6/c1-4-39-30(37)26-19-11-18(12-20(19)26)40-24-13-21(23(38-3)14-22(24)32)28(35)34-27-17-7-6-16(10-17)25(27)29(36)33-15-31(2)8-5-9-31/h13-14,16-20,25-27H,4-12,15H2,1-3H3,(H,33,36)(H,34,35)/t16-,17+,18?,19?,20?,25+,26?,27-/m1/s1. The van der Waals surface area contributed by atoms with Crippen molar-refractivity contribution in [1.29, 1.82) is 0 Å². The number of hydrogen-bond donors (Lipinski definition) is 2. The molecule has 5 saturated carbocycles. The molecular formula is C31H41FN2O6. The van der Waals surface area contributed by atoms with Crippen molar-refractivity contribution in [3.63, 3.8) is 0 Å². The number of esters is 1. The Morgan fingerprint density at radius 3 is 2.40 bits per heavy atom. The highest BCUT2D eigenvalue weighted by Gasteiger charge is 2.61. The Hall–Kier alpha value is -2.84. The molecule has 0 spiro atoms. The summed E-state index contributed by atoms with van der Waals surface area (Å²) in [6.45, 7) is 5.05. The Kier molecular flexibility index (Phi) is 7.20. The summed E-state index contributed by atoms with van der Waals surface area (Å²) in [6.07, 6.45) is 7.49. The second kappa shape index (κ2) is 10.5. The fraction of sp³-hybridized carbons (Fsp3) is 0.710.